The van der Waals surface area contributed by atoms with Crippen LogP contribution in [0, 0.1) is 6.92 Å². The van der Waals surface area contributed by atoms with Crippen LogP contribution < -0.4 is 5.32 Å². The van der Waals surface area contributed by atoms with Gasteiger partial charge in [0.15, 0.2) is 0 Å². The average Bonchev–Trinajstić information content (AvgIpc) is 3.04. The quantitative estimate of drug-likeness (QED) is 0.824. The highest BCUT2D eigenvalue weighted by Crippen LogP contribution is 2.24. The Kier molecular flexibility index (Phi) is 6.25. The number of nitrogens with zero attached hydrogens (tertiary/aromatic N) is 1. The molecule has 1 heterocycles. The van der Waals surface area contributed by atoms with Gasteiger partial charge in [-0.3, -0.25) is 9.59 Å². The van der Waals surface area contributed by atoms with Crippen molar-refractivity contribution in [1.82, 2.24) is 4.90 Å². The summed E-state index contributed by atoms with van der Waals surface area (Å²) in [6.07, 6.45) is 2.20. The number of anilines is 1. The van der Waals surface area contributed by atoms with Crippen LogP contribution in [0.2, 0.25) is 0 Å². The van der Waals surface area contributed by atoms with Crippen molar-refractivity contribution in [3.05, 3.63) is 29.3 Å². The maximum atomic E-state index is 12.5. The number of thioether (sulfide) groups is 1. The molecule has 130 valence electrons. The van der Waals surface area contributed by atoms with Gasteiger partial charge in [0, 0.05) is 17.9 Å². The van der Waals surface area contributed by atoms with Gasteiger partial charge in [-0.15, -0.1) is 11.8 Å². The van der Waals surface area contributed by atoms with Crippen molar-refractivity contribution >= 4 is 35.2 Å². The monoisotopic (exact) mass is 350 g/mol. The molecule has 1 fully saturated rings. The van der Waals surface area contributed by atoms with Gasteiger partial charge in [-0.2, -0.15) is 0 Å². The summed E-state index contributed by atoms with van der Waals surface area (Å²) in [4.78, 5) is 37.5. The van der Waals surface area contributed by atoms with E-state index in [1.165, 1.54) is 6.07 Å². The SMILES string of the molecule is CCCCC(=O)N1CSCC1C(=O)Nc1ccc(C)c(C(=O)O)c1. The highest BCUT2D eigenvalue weighted by atomic mass is 32.2. The molecular formula is C17H22N2O4S. The van der Waals surface area contributed by atoms with Gasteiger partial charge in [0.05, 0.1) is 11.4 Å². The minimum absolute atomic E-state index is 0.00266. The fourth-order valence-corrected chi connectivity index (χ4v) is 3.71. The first kappa shape index (κ1) is 18.3. The first-order valence-electron chi connectivity index (χ1n) is 7.96. The molecule has 1 aromatic carbocycles. The number of benzene rings is 1. The smallest absolute Gasteiger partial charge is 0.336 e. The first-order valence-corrected chi connectivity index (χ1v) is 9.11. The number of aromatic carboxylic acids is 1. The molecule has 2 rings (SSSR count). The lowest BCUT2D eigenvalue weighted by atomic mass is 10.1. The van der Waals surface area contributed by atoms with Crippen molar-refractivity contribution in [2.45, 2.75) is 39.2 Å². The highest BCUT2D eigenvalue weighted by molar-refractivity contribution is 7.99. The van der Waals surface area contributed by atoms with E-state index in [0.29, 0.717) is 29.3 Å². The number of carbonyl (C=O) groups is 3. The molecule has 7 heteroatoms. The second-order valence-corrected chi connectivity index (χ2v) is 6.81. The first-order chi connectivity index (χ1) is 11.4. The molecule has 0 aliphatic carbocycles. The van der Waals surface area contributed by atoms with Crippen molar-refractivity contribution in [3.63, 3.8) is 0 Å². The van der Waals surface area contributed by atoms with Crippen molar-refractivity contribution in [1.29, 1.82) is 0 Å². The fraction of sp³-hybridized carbons (Fsp3) is 0.471. The van der Waals surface area contributed by atoms with E-state index in [1.807, 2.05) is 6.92 Å². The molecule has 6 nitrogen and oxygen atoms in total. The number of carboxylic acid groups (broad SMARTS) is 1. The number of carboxylic acids is 1. The average molecular weight is 350 g/mol. The van der Waals surface area contributed by atoms with Crippen LogP contribution in [0.3, 0.4) is 0 Å². The van der Waals surface area contributed by atoms with Crippen LogP contribution in [-0.4, -0.2) is 45.5 Å². The molecule has 1 unspecified atom stereocenters. The molecule has 0 radical (unpaired) electrons. The topological polar surface area (TPSA) is 86.7 Å². The summed E-state index contributed by atoms with van der Waals surface area (Å²) < 4.78 is 0. The zero-order valence-electron chi connectivity index (χ0n) is 13.9. The van der Waals surface area contributed by atoms with E-state index >= 15 is 0 Å². The molecule has 2 amide bonds. The third-order valence-electron chi connectivity index (χ3n) is 3.99. The van der Waals surface area contributed by atoms with E-state index in [1.54, 1.807) is 35.7 Å². The second-order valence-electron chi connectivity index (χ2n) is 5.81. The summed E-state index contributed by atoms with van der Waals surface area (Å²) in [6.45, 7) is 3.73. The number of amides is 2. The Morgan fingerprint density at radius 3 is 2.79 bits per heavy atom. The molecular weight excluding hydrogens is 328 g/mol. The Morgan fingerprint density at radius 2 is 2.12 bits per heavy atom. The Balaban J connectivity index is 2.07. The molecule has 1 atom stereocenters. The van der Waals surface area contributed by atoms with E-state index in [4.69, 9.17) is 5.11 Å². The van der Waals surface area contributed by atoms with Crippen LogP contribution >= 0.6 is 11.8 Å². The summed E-state index contributed by atoms with van der Waals surface area (Å²) in [5.41, 5.74) is 1.22. The second kappa shape index (κ2) is 8.19. The normalized spacial score (nSPS) is 16.9. The van der Waals surface area contributed by atoms with Crippen molar-refractivity contribution < 1.29 is 19.5 Å². The number of aryl methyl sites for hydroxylation is 1. The zero-order valence-corrected chi connectivity index (χ0v) is 14.7. The number of hydrogen-bond acceptors (Lipinski definition) is 4. The van der Waals surface area contributed by atoms with Gasteiger partial charge in [0.2, 0.25) is 11.8 Å². The van der Waals surface area contributed by atoms with E-state index < -0.39 is 12.0 Å². The molecule has 0 spiro atoms. The van der Waals surface area contributed by atoms with Crippen LogP contribution in [0.15, 0.2) is 18.2 Å². The maximum Gasteiger partial charge on any atom is 0.336 e. The van der Waals surface area contributed by atoms with Gasteiger partial charge >= 0.3 is 5.97 Å². The van der Waals surface area contributed by atoms with Crippen LogP contribution in [-0.2, 0) is 9.59 Å². The summed E-state index contributed by atoms with van der Waals surface area (Å²) in [5.74, 6) is -0.227. The number of nitrogens with one attached hydrogen (secondary N) is 1. The molecule has 0 saturated carbocycles. The van der Waals surface area contributed by atoms with Crippen LogP contribution in [0.1, 0.15) is 42.1 Å². The summed E-state index contributed by atoms with van der Waals surface area (Å²) in [6, 6.07) is 4.27. The summed E-state index contributed by atoms with van der Waals surface area (Å²) in [7, 11) is 0. The van der Waals surface area contributed by atoms with Crippen LogP contribution in [0.25, 0.3) is 0 Å². The predicted octanol–water partition coefficient (Wildman–Crippen LogP) is 2.72. The molecule has 0 bridgehead atoms. The van der Waals surface area contributed by atoms with Gasteiger partial charge < -0.3 is 15.3 Å². The fourth-order valence-electron chi connectivity index (χ4n) is 2.53. The lowest BCUT2D eigenvalue weighted by molar-refractivity contribution is -0.136. The molecule has 1 aliphatic heterocycles. The van der Waals surface area contributed by atoms with Gasteiger partial charge in [-0.1, -0.05) is 19.4 Å². The Hall–Kier alpha value is -2.02. The summed E-state index contributed by atoms with van der Waals surface area (Å²) >= 11 is 1.55. The molecule has 2 N–H and O–H groups in total. The minimum atomic E-state index is -1.03. The Bertz CT molecular complexity index is 647. The molecule has 0 aromatic heterocycles. The van der Waals surface area contributed by atoms with Crippen molar-refractivity contribution in [2.75, 3.05) is 16.9 Å². The molecule has 1 aliphatic rings. The predicted molar refractivity (Wildman–Crippen MR) is 94.3 cm³/mol. The van der Waals surface area contributed by atoms with E-state index in [-0.39, 0.29) is 17.4 Å². The molecule has 24 heavy (non-hydrogen) atoms. The number of hydrogen-bond donors (Lipinski definition) is 2. The minimum Gasteiger partial charge on any atom is -0.478 e. The number of rotatable bonds is 6. The third-order valence-corrected chi connectivity index (χ3v) is 5.00. The van der Waals surface area contributed by atoms with Crippen LogP contribution in [0.5, 0.6) is 0 Å². The number of unbranched alkanes of at least 4 members (excludes halogenated alkanes) is 1. The van der Waals surface area contributed by atoms with Crippen LogP contribution in [0.4, 0.5) is 5.69 Å². The molecule has 1 aromatic rings. The van der Waals surface area contributed by atoms with E-state index in [9.17, 15) is 14.4 Å². The largest absolute Gasteiger partial charge is 0.478 e. The van der Waals surface area contributed by atoms with Gasteiger partial charge in [-0.25, -0.2) is 4.79 Å². The number of carbonyl (C=O) groups excluding carboxylic acids is 2. The van der Waals surface area contributed by atoms with E-state index in [2.05, 4.69) is 5.32 Å². The third kappa shape index (κ3) is 4.29. The van der Waals surface area contributed by atoms with Gasteiger partial charge in [0.25, 0.3) is 0 Å². The lowest BCUT2D eigenvalue weighted by Crippen LogP contribution is -2.44. The molecule has 1 saturated heterocycles. The van der Waals surface area contributed by atoms with Gasteiger partial charge in [0.1, 0.15) is 6.04 Å². The summed E-state index contributed by atoms with van der Waals surface area (Å²) in [5, 5.41) is 11.9. The highest BCUT2D eigenvalue weighted by Gasteiger charge is 2.34. The Labute approximate surface area is 145 Å². The standard InChI is InChI=1S/C17H22N2O4S/c1-3-4-5-15(20)19-10-24-9-14(19)16(21)18-12-7-6-11(2)13(8-12)17(22)23/h6-8,14H,3-5,9-10H2,1-2H3,(H,18,21)(H,22,23). The van der Waals surface area contributed by atoms with Gasteiger partial charge in [-0.05, 0) is 31.0 Å². The lowest BCUT2D eigenvalue weighted by Gasteiger charge is -2.23. The van der Waals surface area contributed by atoms with E-state index in [0.717, 1.165) is 12.8 Å². The Morgan fingerprint density at radius 1 is 1.38 bits per heavy atom. The van der Waals surface area contributed by atoms with Crippen molar-refractivity contribution in [3.8, 4) is 0 Å². The van der Waals surface area contributed by atoms with Crippen molar-refractivity contribution in [2.24, 2.45) is 0 Å². The maximum absolute atomic E-state index is 12.5. The zero-order chi connectivity index (χ0) is 17.7.